The lowest BCUT2D eigenvalue weighted by atomic mass is 10.1. The van der Waals surface area contributed by atoms with Gasteiger partial charge in [0.15, 0.2) is 0 Å². The molecule has 0 aliphatic heterocycles. The standard InChI is InChI=1S/C20H23ClN2O2/c1-13-5-8-19(15(3)11-13)23(16(4)24)10-9-20(25)22-18-7-6-17(21)12-14(18)2/h5-8,11-12H,9-10H2,1-4H3,(H,22,25). The third-order valence-electron chi connectivity index (χ3n) is 4.05. The molecule has 0 heterocycles. The van der Waals surface area contributed by atoms with Gasteiger partial charge in [-0.05, 0) is 56.2 Å². The van der Waals surface area contributed by atoms with E-state index in [1.165, 1.54) is 6.92 Å². The summed E-state index contributed by atoms with van der Waals surface area (Å²) in [4.78, 5) is 25.9. The van der Waals surface area contributed by atoms with Crippen LogP contribution in [0.3, 0.4) is 0 Å². The number of rotatable bonds is 5. The van der Waals surface area contributed by atoms with Crippen molar-refractivity contribution in [3.05, 3.63) is 58.1 Å². The molecule has 0 aliphatic rings. The molecule has 5 heteroatoms. The molecule has 0 unspecified atom stereocenters. The van der Waals surface area contributed by atoms with Gasteiger partial charge in [-0.25, -0.2) is 0 Å². The summed E-state index contributed by atoms with van der Waals surface area (Å²) in [6, 6.07) is 11.2. The van der Waals surface area contributed by atoms with E-state index in [1.807, 2.05) is 39.0 Å². The Hall–Kier alpha value is -2.33. The molecule has 0 saturated heterocycles. The van der Waals surface area contributed by atoms with Crippen molar-refractivity contribution in [1.29, 1.82) is 0 Å². The van der Waals surface area contributed by atoms with Crippen LogP contribution in [0.15, 0.2) is 36.4 Å². The molecule has 0 aliphatic carbocycles. The van der Waals surface area contributed by atoms with Crippen LogP contribution in [0.2, 0.25) is 5.02 Å². The van der Waals surface area contributed by atoms with Gasteiger partial charge in [0, 0.05) is 36.3 Å². The van der Waals surface area contributed by atoms with Crippen LogP contribution in [0.1, 0.15) is 30.0 Å². The first kappa shape index (κ1) is 19.0. The lowest BCUT2D eigenvalue weighted by Crippen LogP contribution is -2.32. The predicted octanol–water partition coefficient (Wildman–Crippen LogP) is 4.65. The molecule has 4 nitrogen and oxygen atoms in total. The maximum absolute atomic E-state index is 12.3. The summed E-state index contributed by atoms with van der Waals surface area (Å²) in [6.45, 7) is 7.71. The Morgan fingerprint density at radius 3 is 2.36 bits per heavy atom. The van der Waals surface area contributed by atoms with E-state index in [9.17, 15) is 9.59 Å². The highest BCUT2D eigenvalue weighted by Crippen LogP contribution is 2.22. The summed E-state index contributed by atoms with van der Waals surface area (Å²) in [5.41, 5.74) is 4.63. The van der Waals surface area contributed by atoms with Gasteiger partial charge >= 0.3 is 0 Å². The molecule has 0 radical (unpaired) electrons. The molecule has 1 N–H and O–H groups in total. The molecule has 25 heavy (non-hydrogen) atoms. The second-order valence-corrected chi connectivity index (χ2v) is 6.65. The van der Waals surface area contributed by atoms with Crippen molar-refractivity contribution in [2.45, 2.75) is 34.1 Å². The molecule has 0 fully saturated rings. The lowest BCUT2D eigenvalue weighted by Gasteiger charge is -2.23. The molecule has 2 amide bonds. The summed E-state index contributed by atoms with van der Waals surface area (Å²) < 4.78 is 0. The van der Waals surface area contributed by atoms with Crippen molar-refractivity contribution < 1.29 is 9.59 Å². The van der Waals surface area contributed by atoms with Crippen LogP contribution in [-0.4, -0.2) is 18.4 Å². The van der Waals surface area contributed by atoms with Crippen LogP contribution in [0.25, 0.3) is 0 Å². The molecule has 0 atom stereocenters. The highest BCUT2D eigenvalue weighted by atomic mass is 35.5. The number of hydrogen-bond acceptors (Lipinski definition) is 2. The summed E-state index contributed by atoms with van der Waals surface area (Å²) in [7, 11) is 0. The lowest BCUT2D eigenvalue weighted by molar-refractivity contribution is -0.117. The molecule has 2 aromatic rings. The predicted molar refractivity (Wildman–Crippen MR) is 103 cm³/mol. The molecule has 132 valence electrons. The Morgan fingerprint density at radius 2 is 1.76 bits per heavy atom. The Labute approximate surface area is 153 Å². The SMILES string of the molecule is CC(=O)N(CCC(=O)Nc1ccc(Cl)cc1C)c1ccc(C)cc1C. The van der Waals surface area contributed by atoms with Gasteiger partial charge in [0.2, 0.25) is 11.8 Å². The maximum atomic E-state index is 12.3. The first-order chi connectivity index (χ1) is 11.8. The van der Waals surface area contributed by atoms with Crippen LogP contribution in [0.4, 0.5) is 11.4 Å². The number of anilines is 2. The first-order valence-electron chi connectivity index (χ1n) is 8.19. The summed E-state index contributed by atoms with van der Waals surface area (Å²) in [5, 5.41) is 3.50. The highest BCUT2D eigenvalue weighted by Gasteiger charge is 2.16. The molecular weight excluding hydrogens is 336 g/mol. The van der Waals surface area contributed by atoms with Gasteiger partial charge < -0.3 is 10.2 Å². The zero-order chi connectivity index (χ0) is 18.6. The van der Waals surface area contributed by atoms with Crippen molar-refractivity contribution in [3.8, 4) is 0 Å². The zero-order valence-electron chi connectivity index (χ0n) is 15.0. The van der Waals surface area contributed by atoms with E-state index in [1.54, 1.807) is 23.1 Å². The van der Waals surface area contributed by atoms with Crippen molar-refractivity contribution in [2.24, 2.45) is 0 Å². The smallest absolute Gasteiger partial charge is 0.226 e. The van der Waals surface area contributed by atoms with Crippen molar-refractivity contribution >= 4 is 34.8 Å². The minimum Gasteiger partial charge on any atom is -0.326 e. The third-order valence-corrected chi connectivity index (χ3v) is 4.28. The van der Waals surface area contributed by atoms with E-state index in [2.05, 4.69) is 5.32 Å². The number of nitrogens with one attached hydrogen (secondary N) is 1. The highest BCUT2D eigenvalue weighted by molar-refractivity contribution is 6.30. The average molecular weight is 359 g/mol. The van der Waals surface area contributed by atoms with Crippen molar-refractivity contribution in [2.75, 3.05) is 16.8 Å². The quantitative estimate of drug-likeness (QED) is 0.845. The number of amides is 2. The van der Waals surface area contributed by atoms with Crippen molar-refractivity contribution in [1.82, 2.24) is 0 Å². The molecule has 2 rings (SSSR count). The Morgan fingerprint density at radius 1 is 1.04 bits per heavy atom. The molecule has 0 bridgehead atoms. The van der Waals surface area contributed by atoms with Gasteiger partial charge in [0.1, 0.15) is 0 Å². The van der Waals surface area contributed by atoms with Gasteiger partial charge in [-0.2, -0.15) is 0 Å². The van der Waals surface area contributed by atoms with Crippen LogP contribution >= 0.6 is 11.6 Å². The van der Waals surface area contributed by atoms with Crippen LogP contribution in [0.5, 0.6) is 0 Å². The zero-order valence-corrected chi connectivity index (χ0v) is 15.8. The summed E-state index contributed by atoms with van der Waals surface area (Å²) >= 11 is 5.93. The number of carbonyl (C=O) groups excluding carboxylic acids is 2. The first-order valence-corrected chi connectivity index (χ1v) is 8.57. The van der Waals surface area contributed by atoms with E-state index in [0.717, 1.165) is 28.1 Å². The molecule has 2 aromatic carbocycles. The van der Waals surface area contributed by atoms with Crippen LogP contribution in [0, 0.1) is 20.8 Å². The molecular formula is C20H23ClN2O2. The van der Waals surface area contributed by atoms with Gasteiger partial charge in [-0.3, -0.25) is 9.59 Å². The normalized spacial score (nSPS) is 10.4. The molecule has 0 saturated carbocycles. The minimum atomic E-state index is -0.138. The average Bonchev–Trinajstić information content (AvgIpc) is 2.52. The Bertz CT molecular complexity index is 802. The van der Waals surface area contributed by atoms with E-state index in [4.69, 9.17) is 11.6 Å². The monoisotopic (exact) mass is 358 g/mol. The number of carbonyl (C=O) groups is 2. The summed E-state index contributed by atoms with van der Waals surface area (Å²) in [5.74, 6) is -0.219. The van der Waals surface area contributed by atoms with Gasteiger partial charge in [0.05, 0.1) is 0 Å². The fraction of sp³-hybridized carbons (Fsp3) is 0.300. The van der Waals surface area contributed by atoms with Crippen LogP contribution in [-0.2, 0) is 9.59 Å². The fourth-order valence-corrected chi connectivity index (χ4v) is 2.98. The Kier molecular flexibility index (Phi) is 6.21. The molecule has 0 spiro atoms. The topological polar surface area (TPSA) is 49.4 Å². The fourth-order valence-electron chi connectivity index (χ4n) is 2.75. The molecule has 0 aromatic heterocycles. The largest absolute Gasteiger partial charge is 0.326 e. The minimum absolute atomic E-state index is 0.0811. The maximum Gasteiger partial charge on any atom is 0.226 e. The van der Waals surface area contributed by atoms with E-state index in [0.29, 0.717) is 11.6 Å². The second-order valence-electron chi connectivity index (χ2n) is 6.22. The van der Waals surface area contributed by atoms with E-state index < -0.39 is 0 Å². The number of halogens is 1. The van der Waals surface area contributed by atoms with E-state index >= 15 is 0 Å². The number of hydrogen-bond donors (Lipinski definition) is 1. The number of aryl methyl sites for hydroxylation is 3. The van der Waals surface area contributed by atoms with Crippen molar-refractivity contribution in [3.63, 3.8) is 0 Å². The number of benzene rings is 2. The number of nitrogens with zero attached hydrogens (tertiary/aromatic N) is 1. The Balaban J connectivity index is 2.05. The van der Waals surface area contributed by atoms with Gasteiger partial charge in [-0.1, -0.05) is 29.3 Å². The second kappa shape index (κ2) is 8.17. The third kappa shape index (κ3) is 5.07. The van der Waals surface area contributed by atoms with E-state index in [-0.39, 0.29) is 18.2 Å². The van der Waals surface area contributed by atoms with Gasteiger partial charge in [-0.15, -0.1) is 0 Å². The summed E-state index contributed by atoms with van der Waals surface area (Å²) in [6.07, 6.45) is 0.217. The van der Waals surface area contributed by atoms with Crippen LogP contribution < -0.4 is 10.2 Å². The van der Waals surface area contributed by atoms with Gasteiger partial charge in [0.25, 0.3) is 0 Å².